The zero-order chi connectivity index (χ0) is 9.90. The van der Waals surface area contributed by atoms with Gasteiger partial charge in [0.05, 0.1) is 0 Å². The van der Waals surface area contributed by atoms with E-state index in [1.54, 1.807) is 0 Å². The molecule has 0 spiro atoms. The average Bonchev–Trinajstić information content (AvgIpc) is 2.04. The summed E-state index contributed by atoms with van der Waals surface area (Å²) in [5.41, 5.74) is 0. The molecule has 0 aromatic rings. The molecule has 0 aliphatic carbocycles. The first-order valence-corrected chi connectivity index (χ1v) is 6.32. The van der Waals surface area contributed by atoms with Crippen molar-refractivity contribution in [1.82, 2.24) is 4.31 Å². The Balaban J connectivity index is 2.39. The number of nitrogens with two attached hydrogens (primary N) is 1. The third kappa shape index (κ3) is 3.25. The Bertz CT molecular complexity index is 243. The molecule has 4 nitrogen and oxygen atoms in total. The van der Waals surface area contributed by atoms with Crippen LogP contribution in [0.3, 0.4) is 0 Å². The Kier molecular flexibility index (Phi) is 3.70. The second-order valence-corrected chi connectivity index (χ2v) is 5.22. The van der Waals surface area contributed by atoms with Gasteiger partial charge in [-0.1, -0.05) is 19.8 Å². The Morgan fingerprint density at radius 3 is 2.31 bits per heavy atom. The molecule has 1 rings (SSSR count). The molecule has 0 amide bonds. The zero-order valence-corrected chi connectivity index (χ0v) is 8.89. The monoisotopic (exact) mass is 206 g/mol. The smallest absolute Gasteiger partial charge is 0.216 e. The third-order valence-corrected chi connectivity index (χ3v) is 3.72. The SMILES string of the molecule is CCCC1CCN(S(N)(=O)=O)CC1. The summed E-state index contributed by atoms with van der Waals surface area (Å²) >= 11 is 0. The molecule has 0 aromatic carbocycles. The lowest BCUT2D eigenvalue weighted by atomic mass is 9.94. The zero-order valence-electron chi connectivity index (χ0n) is 8.07. The van der Waals surface area contributed by atoms with E-state index in [4.69, 9.17) is 5.14 Å². The average molecular weight is 206 g/mol. The highest BCUT2D eigenvalue weighted by Gasteiger charge is 2.24. The van der Waals surface area contributed by atoms with E-state index in [0.29, 0.717) is 19.0 Å². The molecule has 0 saturated carbocycles. The Morgan fingerprint density at radius 1 is 1.38 bits per heavy atom. The standard InChI is InChI=1S/C8H18N2O2S/c1-2-3-8-4-6-10(7-5-8)13(9,11)12/h8H,2-7H2,1H3,(H2,9,11,12). The van der Waals surface area contributed by atoms with Crippen LogP contribution >= 0.6 is 0 Å². The lowest BCUT2D eigenvalue weighted by Gasteiger charge is -2.29. The van der Waals surface area contributed by atoms with Crippen LogP contribution in [-0.4, -0.2) is 25.8 Å². The summed E-state index contributed by atoms with van der Waals surface area (Å²) in [6.07, 6.45) is 4.31. The van der Waals surface area contributed by atoms with Gasteiger partial charge in [-0.2, -0.15) is 12.7 Å². The highest BCUT2D eigenvalue weighted by Crippen LogP contribution is 2.22. The molecule has 0 unspecified atom stereocenters. The molecule has 0 atom stereocenters. The number of nitrogens with zero attached hydrogens (tertiary/aromatic N) is 1. The van der Waals surface area contributed by atoms with E-state index in [-0.39, 0.29) is 0 Å². The molecule has 2 N–H and O–H groups in total. The summed E-state index contributed by atoms with van der Waals surface area (Å²) in [7, 11) is -3.43. The number of rotatable bonds is 3. The van der Waals surface area contributed by atoms with Crippen molar-refractivity contribution in [3.05, 3.63) is 0 Å². The van der Waals surface area contributed by atoms with Crippen molar-refractivity contribution in [1.29, 1.82) is 0 Å². The van der Waals surface area contributed by atoms with Crippen LogP contribution in [0.15, 0.2) is 0 Å². The minimum atomic E-state index is -3.43. The lowest BCUT2D eigenvalue weighted by Crippen LogP contribution is -2.42. The summed E-state index contributed by atoms with van der Waals surface area (Å²) in [6.45, 7) is 3.36. The van der Waals surface area contributed by atoms with Gasteiger partial charge in [-0.05, 0) is 18.8 Å². The number of piperidine rings is 1. The van der Waals surface area contributed by atoms with E-state index in [2.05, 4.69) is 6.92 Å². The highest BCUT2D eigenvalue weighted by molar-refractivity contribution is 7.86. The highest BCUT2D eigenvalue weighted by atomic mass is 32.2. The minimum absolute atomic E-state index is 0.601. The van der Waals surface area contributed by atoms with Gasteiger partial charge < -0.3 is 0 Å². The molecular formula is C8H18N2O2S. The van der Waals surface area contributed by atoms with Gasteiger partial charge in [-0.3, -0.25) is 0 Å². The molecule has 0 radical (unpaired) electrons. The molecule has 1 saturated heterocycles. The minimum Gasteiger partial charge on any atom is -0.216 e. The molecule has 5 heteroatoms. The van der Waals surface area contributed by atoms with Crippen molar-refractivity contribution in [2.24, 2.45) is 11.1 Å². The quantitative estimate of drug-likeness (QED) is 0.739. The van der Waals surface area contributed by atoms with Gasteiger partial charge in [0.2, 0.25) is 0 Å². The second-order valence-electron chi connectivity index (χ2n) is 3.68. The molecule has 0 bridgehead atoms. The Labute approximate surface area is 80.3 Å². The molecule has 1 heterocycles. The van der Waals surface area contributed by atoms with Crippen molar-refractivity contribution in [2.45, 2.75) is 32.6 Å². The third-order valence-electron chi connectivity index (χ3n) is 2.63. The van der Waals surface area contributed by atoms with Crippen molar-refractivity contribution < 1.29 is 8.42 Å². The first-order valence-electron chi connectivity index (χ1n) is 4.82. The van der Waals surface area contributed by atoms with Gasteiger partial charge in [0, 0.05) is 13.1 Å². The van der Waals surface area contributed by atoms with Crippen LogP contribution < -0.4 is 5.14 Å². The first kappa shape index (κ1) is 10.9. The van der Waals surface area contributed by atoms with Crippen LogP contribution in [0, 0.1) is 5.92 Å². The van der Waals surface area contributed by atoms with Crippen molar-refractivity contribution in [3.63, 3.8) is 0 Å². The van der Waals surface area contributed by atoms with Crippen molar-refractivity contribution >= 4 is 10.2 Å². The van der Waals surface area contributed by atoms with Gasteiger partial charge in [-0.25, -0.2) is 5.14 Å². The van der Waals surface area contributed by atoms with E-state index in [9.17, 15) is 8.42 Å². The van der Waals surface area contributed by atoms with Gasteiger partial charge >= 0.3 is 0 Å². The number of hydrogen-bond acceptors (Lipinski definition) is 2. The molecule has 1 aliphatic rings. The van der Waals surface area contributed by atoms with E-state index in [0.717, 1.165) is 12.8 Å². The molecule has 1 fully saturated rings. The van der Waals surface area contributed by atoms with Crippen LogP contribution in [-0.2, 0) is 10.2 Å². The summed E-state index contributed by atoms with van der Waals surface area (Å²) in [5, 5.41) is 5.03. The van der Waals surface area contributed by atoms with Crippen LogP contribution in [0.1, 0.15) is 32.6 Å². The normalized spacial score (nSPS) is 22.0. The fourth-order valence-electron chi connectivity index (χ4n) is 1.86. The van der Waals surface area contributed by atoms with E-state index < -0.39 is 10.2 Å². The fourth-order valence-corrected chi connectivity index (χ4v) is 2.58. The maximum atomic E-state index is 11.0. The summed E-state index contributed by atoms with van der Waals surface area (Å²) in [4.78, 5) is 0. The molecule has 13 heavy (non-hydrogen) atoms. The van der Waals surface area contributed by atoms with E-state index in [1.165, 1.54) is 17.1 Å². The number of hydrogen-bond donors (Lipinski definition) is 1. The molecule has 0 aromatic heterocycles. The topological polar surface area (TPSA) is 63.4 Å². The lowest BCUT2D eigenvalue weighted by molar-refractivity contribution is 0.262. The molecular weight excluding hydrogens is 188 g/mol. The van der Waals surface area contributed by atoms with E-state index in [1.807, 2.05) is 0 Å². The molecule has 1 aliphatic heterocycles. The first-order chi connectivity index (χ1) is 6.04. The van der Waals surface area contributed by atoms with E-state index >= 15 is 0 Å². The largest absolute Gasteiger partial charge is 0.276 e. The van der Waals surface area contributed by atoms with Gasteiger partial charge in [-0.15, -0.1) is 0 Å². The summed E-state index contributed by atoms with van der Waals surface area (Å²) in [6, 6.07) is 0. The Hall–Kier alpha value is -0.130. The molecule has 78 valence electrons. The van der Waals surface area contributed by atoms with Gasteiger partial charge in [0.15, 0.2) is 0 Å². The second kappa shape index (κ2) is 4.39. The van der Waals surface area contributed by atoms with Crippen molar-refractivity contribution in [2.75, 3.05) is 13.1 Å². The van der Waals surface area contributed by atoms with Crippen LogP contribution in [0.25, 0.3) is 0 Å². The summed E-state index contributed by atoms with van der Waals surface area (Å²) < 4.78 is 23.3. The van der Waals surface area contributed by atoms with Crippen LogP contribution in [0.4, 0.5) is 0 Å². The van der Waals surface area contributed by atoms with Gasteiger partial charge in [0.25, 0.3) is 10.2 Å². The van der Waals surface area contributed by atoms with Gasteiger partial charge in [0.1, 0.15) is 0 Å². The predicted molar refractivity (Wildman–Crippen MR) is 52.3 cm³/mol. The van der Waals surface area contributed by atoms with Crippen molar-refractivity contribution in [3.8, 4) is 0 Å². The maximum Gasteiger partial charge on any atom is 0.276 e. The summed E-state index contributed by atoms with van der Waals surface area (Å²) in [5.74, 6) is 0.697. The maximum absolute atomic E-state index is 11.0. The Morgan fingerprint density at radius 2 is 1.92 bits per heavy atom. The van der Waals surface area contributed by atoms with Crippen LogP contribution in [0.5, 0.6) is 0 Å². The fraction of sp³-hybridized carbons (Fsp3) is 1.00. The predicted octanol–water partition coefficient (Wildman–Crippen LogP) is 0.702. The van der Waals surface area contributed by atoms with Crippen LogP contribution in [0.2, 0.25) is 0 Å².